The summed E-state index contributed by atoms with van der Waals surface area (Å²) in [6, 6.07) is 15.5. The van der Waals surface area contributed by atoms with Crippen molar-refractivity contribution in [1.29, 1.82) is 0 Å². The molecule has 0 fully saturated rings. The van der Waals surface area contributed by atoms with Crippen LogP contribution in [-0.4, -0.2) is 36.6 Å². The highest BCUT2D eigenvalue weighted by atomic mass is 16.5. The molecule has 138 valence electrons. The molecule has 0 radical (unpaired) electrons. The molecule has 2 aromatic carbocycles. The van der Waals surface area contributed by atoms with Crippen molar-refractivity contribution in [2.24, 2.45) is 0 Å². The summed E-state index contributed by atoms with van der Waals surface area (Å²) in [6.45, 7) is 0.535. The number of carbonyl (C=O) groups is 1. The molecule has 4 rings (SSSR count). The molecule has 2 N–H and O–H groups in total. The van der Waals surface area contributed by atoms with E-state index in [1.54, 1.807) is 14.2 Å². The number of rotatable bonds is 4. The lowest BCUT2D eigenvalue weighted by atomic mass is 9.93. The van der Waals surface area contributed by atoms with Gasteiger partial charge in [-0.2, -0.15) is 0 Å². The Kier molecular flexibility index (Phi) is 4.54. The number of imidazole rings is 1. The second kappa shape index (κ2) is 7.15. The summed E-state index contributed by atoms with van der Waals surface area (Å²) in [5.41, 5.74) is 3.16. The van der Waals surface area contributed by atoms with Gasteiger partial charge in [-0.1, -0.05) is 30.3 Å². The van der Waals surface area contributed by atoms with E-state index >= 15 is 0 Å². The normalized spacial score (nSPS) is 16.2. The minimum atomic E-state index is -0.167. The van der Waals surface area contributed by atoms with Crippen LogP contribution in [0.2, 0.25) is 0 Å². The molecule has 1 aliphatic heterocycles. The monoisotopic (exact) mass is 363 g/mol. The maximum absolute atomic E-state index is 12.6. The molecular weight excluding hydrogens is 342 g/mol. The minimum Gasteiger partial charge on any atom is -0.496 e. The van der Waals surface area contributed by atoms with Crippen LogP contribution in [0.5, 0.6) is 11.5 Å². The van der Waals surface area contributed by atoms with Crippen molar-refractivity contribution in [3.8, 4) is 22.9 Å². The molecule has 6 heteroatoms. The van der Waals surface area contributed by atoms with E-state index in [4.69, 9.17) is 9.47 Å². The molecule has 6 nitrogen and oxygen atoms in total. The molecular formula is C21H21N3O3. The third-order valence-electron chi connectivity index (χ3n) is 4.89. The van der Waals surface area contributed by atoms with Crippen LogP contribution in [0.1, 0.15) is 27.7 Å². The van der Waals surface area contributed by atoms with E-state index in [0.29, 0.717) is 30.2 Å². The van der Waals surface area contributed by atoms with Crippen LogP contribution < -0.4 is 14.8 Å². The van der Waals surface area contributed by atoms with E-state index in [-0.39, 0.29) is 11.8 Å². The number of aromatic amines is 1. The summed E-state index contributed by atoms with van der Waals surface area (Å²) in [6.07, 6.45) is 0.663. The standard InChI is InChI=1S/C21H21N3O3/c1-26-17-9-5-3-7-14(17)13-11-16-19(21(25)22-12-13)24-20(23-16)15-8-4-6-10-18(15)27-2/h3-10,13H,11-12H2,1-2H3,(H,22,25)(H,23,24). The summed E-state index contributed by atoms with van der Waals surface area (Å²) >= 11 is 0. The molecule has 0 saturated heterocycles. The smallest absolute Gasteiger partial charge is 0.271 e. The number of benzene rings is 2. The average Bonchev–Trinajstić information content (AvgIpc) is 3.08. The first-order chi connectivity index (χ1) is 13.2. The van der Waals surface area contributed by atoms with Crippen molar-refractivity contribution in [1.82, 2.24) is 15.3 Å². The first-order valence-electron chi connectivity index (χ1n) is 8.84. The van der Waals surface area contributed by atoms with Crippen molar-refractivity contribution in [2.45, 2.75) is 12.3 Å². The van der Waals surface area contributed by atoms with Gasteiger partial charge >= 0.3 is 0 Å². The number of hydrogen-bond acceptors (Lipinski definition) is 4. The fraction of sp³-hybridized carbons (Fsp3) is 0.238. The Balaban J connectivity index is 1.74. The van der Waals surface area contributed by atoms with Gasteiger partial charge in [-0.3, -0.25) is 4.79 Å². The maximum atomic E-state index is 12.6. The fourth-order valence-electron chi connectivity index (χ4n) is 3.55. The first kappa shape index (κ1) is 17.1. The van der Waals surface area contributed by atoms with Crippen LogP contribution in [0.4, 0.5) is 0 Å². The predicted molar refractivity (Wildman–Crippen MR) is 102 cm³/mol. The van der Waals surface area contributed by atoms with E-state index in [1.807, 2.05) is 48.5 Å². The topological polar surface area (TPSA) is 76.2 Å². The lowest BCUT2D eigenvalue weighted by Crippen LogP contribution is -2.26. The number of fused-ring (bicyclic) bond motifs is 1. The molecule has 1 aromatic heterocycles. The van der Waals surface area contributed by atoms with Crippen LogP contribution in [0, 0.1) is 0 Å². The number of aromatic nitrogens is 2. The van der Waals surface area contributed by atoms with Gasteiger partial charge in [0.05, 0.1) is 19.8 Å². The van der Waals surface area contributed by atoms with Gasteiger partial charge in [-0.05, 0) is 30.2 Å². The molecule has 1 unspecified atom stereocenters. The van der Waals surface area contributed by atoms with Gasteiger partial charge in [0.25, 0.3) is 5.91 Å². The summed E-state index contributed by atoms with van der Waals surface area (Å²) < 4.78 is 10.9. The molecule has 1 aliphatic rings. The molecule has 0 bridgehead atoms. The van der Waals surface area contributed by atoms with Gasteiger partial charge in [0.1, 0.15) is 23.0 Å². The molecule has 27 heavy (non-hydrogen) atoms. The van der Waals surface area contributed by atoms with Crippen molar-refractivity contribution in [3.63, 3.8) is 0 Å². The molecule has 2 heterocycles. The number of para-hydroxylation sites is 2. The van der Waals surface area contributed by atoms with Gasteiger partial charge in [0.2, 0.25) is 0 Å². The molecule has 0 spiro atoms. The average molecular weight is 363 g/mol. The van der Waals surface area contributed by atoms with Crippen LogP contribution in [0.25, 0.3) is 11.4 Å². The molecule has 0 saturated carbocycles. The Morgan fingerprint density at radius 1 is 1.00 bits per heavy atom. The fourth-order valence-corrected chi connectivity index (χ4v) is 3.55. The summed E-state index contributed by atoms with van der Waals surface area (Å²) in [5.74, 6) is 2.10. The Morgan fingerprint density at radius 2 is 1.70 bits per heavy atom. The molecule has 0 aliphatic carbocycles. The minimum absolute atomic E-state index is 0.0947. The maximum Gasteiger partial charge on any atom is 0.271 e. The summed E-state index contributed by atoms with van der Waals surface area (Å²) in [4.78, 5) is 20.5. The molecule has 1 amide bonds. The van der Waals surface area contributed by atoms with E-state index in [9.17, 15) is 4.79 Å². The highest BCUT2D eigenvalue weighted by Crippen LogP contribution is 2.33. The SMILES string of the molecule is COc1ccccc1-c1nc2c([nH]1)CC(c1ccccc1OC)CNC2=O. The number of nitrogens with one attached hydrogen (secondary N) is 2. The first-order valence-corrected chi connectivity index (χ1v) is 8.84. The van der Waals surface area contributed by atoms with Crippen molar-refractivity contribution in [3.05, 3.63) is 65.5 Å². The second-order valence-corrected chi connectivity index (χ2v) is 6.47. The number of carbonyl (C=O) groups excluding carboxylic acids is 1. The quantitative estimate of drug-likeness (QED) is 0.747. The number of H-pyrrole nitrogens is 1. The second-order valence-electron chi connectivity index (χ2n) is 6.47. The van der Waals surface area contributed by atoms with Gasteiger partial charge in [-0.15, -0.1) is 0 Å². The lowest BCUT2D eigenvalue weighted by Gasteiger charge is -2.17. The Bertz CT molecular complexity index is 980. The predicted octanol–water partition coefficient (Wildman–Crippen LogP) is 3.16. The summed E-state index contributed by atoms with van der Waals surface area (Å²) in [5, 5.41) is 2.99. The molecule has 1 atom stereocenters. The van der Waals surface area contributed by atoms with E-state index < -0.39 is 0 Å². The van der Waals surface area contributed by atoms with Crippen LogP contribution in [0.3, 0.4) is 0 Å². The number of ether oxygens (including phenoxy) is 2. The lowest BCUT2D eigenvalue weighted by molar-refractivity contribution is 0.0950. The van der Waals surface area contributed by atoms with Crippen molar-refractivity contribution < 1.29 is 14.3 Å². The van der Waals surface area contributed by atoms with Crippen LogP contribution in [-0.2, 0) is 6.42 Å². The van der Waals surface area contributed by atoms with E-state index in [2.05, 4.69) is 15.3 Å². The van der Waals surface area contributed by atoms with Crippen LogP contribution >= 0.6 is 0 Å². The van der Waals surface area contributed by atoms with Gasteiger partial charge < -0.3 is 19.8 Å². The highest BCUT2D eigenvalue weighted by Gasteiger charge is 2.28. The van der Waals surface area contributed by atoms with Gasteiger partial charge in [-0.25, -0.2) is 4.98 Å². The van der Waals surface area contributed by atoms with E-state index in [1.165, 1.54) is 0 Å². The van der Waals surface area contributed by atoms with Gasteiger partial charge in [0.15, 0.2) is 0 Å². The Labute approximate surface area is 157 Å². The van der Waals surface area contributed by atoms with Crippen LogP contribution in [0.15, 0.2) is 48.5 Å². The number of methoxy groups -OCH3 is 2. The summed E-state index contributed by atoms with van der Waals surface area (Å²) in [7, 11) is 3.28. The third kappa shape index (κ3) is 3.14. The van der Waals surface area contributed by atoms with E-state index in [0.717, 1.165) is 22.6 Å². The Morgan fingerprint density at radius 3 is 2.48 bits per heavy atom. The number of hydrogen-bond donors (Lipinski definition) is 2. The Hall–Kier alpha value is -3.28. The van der Waals surface area contributed by atoms with Gasteiger partial charge in [0, 0.05) is 18.2 Å². The zero-order valence-corrected chi connectivity index (χ0v) is 15.3. The van der Waals surface area contributed by atoms with Crippen molar-refractivity contribution >= 4 is 5.91 Å². The highest BCUT2D eigenvalue weighted by molar-refractivity contribution is 5.94. The third-order valence-corrected chi connectivity index (χ3v) is 4.89. The largest absolute Gasteiger partial charge is 0.496 e. The van der Waals surface area contributed by atoms with Crippen molar-refractivity contribution in [2.75, 3.05) is 20.8 Å². The molecule has 3 aromatic rings. The zero-order valence-electron chi connectivity index (χ0n) is 15.3. The zero-order chi connectivity index (χ0) is 18.8. The number of amides is 1. The number of nitrogens with zero attached hydrogens (tertiary/aromatic N) is 1.